The van der Waals surface area contributed by atoms with Gasteiger partial charge in [-0.05, 0) is 74.5 Å². The Morgan fingerprint density at radius 2 is 1.88 bits per heavy atom. The minimum Gasteiger partial charge on any atom is -0.493 e. The predicted octanol–water partition coefficient (Wildman–Crippen LogP) is 4.38. The molecule has 5 heterocycles. The molecule has 0 radical (unpaired) electrons. The van der Waals surface area contributed by atoms with Gasteiger partial charge in [-0.1, -0.05) is 20.3 Å². The van der Waals surface area contributed by atoms with Crippen LogP contribution in [0.15, 0.2) is 47.7 Å². The average molecular weight is 584 g/mol. The van der Waals surface area contributed by atoms with Gasteiger partial charge in [-0.25, -0.2) is 9.97 Å². The van der Waals surface area contributed by atoms with E-state index >= 15 is 0 Å². The molecule has 0 aromatic carbocycles. The molecule has 1 saturated heterocycles. The molecule has 1 amide bonds. The van der Waals surface area contributed by atoms with E-state index in [1.54, 1.807) is 6.33 Å². The first-order valence-corrected chi connectivity index (χ1v) is 15.3. The topological polar surface area (TPSA) is 108 Å². The van der Waals surface area contributed by atoms with Crippen molar-refractivity contribution in [2.75, 3.05) is 44.7 Å². The van der Waals surface area contributed by atoms with Crippen LogP contribution in [-0.2, 0) is 6.54 Å². The number of nitrogens with zero attached hydrogens (tertiary/aromatic N) is 5. The molecule has 0 spiro atoms. The van der Waals surface area contributed by atoms with Crippen molar-refractivity contribution in [2.24, 2.45) is 5.92 Å². The van der Waals surface area contributed by atoms with E-state index in [-0.39, 0.29) is 23.9 Å². The van der Waals surface area contributed by atoms with Crippen LogP contribution < -0.4 is 20.5 Å². The zero-order valence-electron chi connectivity index (χ0n) is 25.5. The Morgan fingerprint density at radius 1 is 1.09 bits per heavy atom. The number of fused-ring (bicyclic) bond motifs is 1. The Balaban J connectivity index is 1.28. The van der Waals surface area contributed by atoms with Crippen LogP contribution in [0.25, 0.3) is 16.6 Å². The molecule has 4 aromatic heterocycles. The van der Waals surface area contributed by atoms with Crippen LogP contribution in [0.5, 0.6) is 5.75 Å². The van der Waals surface area contributed by atoms with Crippen molar-refractivity contribution in [1.82, 2.24) is 29.6 Å². The number of hydrogen-bond donors (Lipinski definition) is 2. The summed E-state index contributed by atoms with van der Waals surface area (Å²) in [5.74, 6) is 1.90. The van der Waals surface area contributed by atoms with Crippen LogP contribution in [0.1, 0.15) is 66.5 Å². The summed E-state index contributed by atoms with van der Waals surface area (Å²) >= 11 is 0. The van der Waals surface area contributed by atoms with E-state index in [2.05, 4.69) is 64.2 Å². The number of rotatable bonds is 9. The molecule has 4 aromatic rings. The largest absolute Gasteiger partial charge is 0.493 e. The van der Waals surface area contributed by atoms with Crippen LogP contribution in [0.4, 0.5) is 5.82 Å². The lowest BCUT2D eigenvalue weighted by atomic mass is 9.86. The fourth-order valence-corrected chi connectivity index (χ4v) is 5.79. The highest BCUT2D eigenvalue weighted by Crippen LogP contribution is 2.29. The molecular weight excluding hydrogens is 542 g/mol. The number of aryl methyl sites for hydroxylation is 1. The number of likely N-dealkylation sites (N-methyl/N-ethyl adjacent to an activating group) is 1. The van der Waals surface area contributed by atoms with Crippen LogP contribution in [0.3, 0.4) is 0 Å². The highest BCUT2D eigenvalue weighted by atomic mass is 16.5. The number of carbonyl (C=O) groups is 1. The van der Waals surface area contributed by atoms with E-state index < -0.39 is 0 Å². The van der Waals surface area contributed by atoms with E-state index in [9.17, 15) is 9.59 Å². The number of piperazine rings is 1. The molecule has 10 nitrogen and oxygen atoms in total. The molecule has 10 heteroatoms. The van der Waals surface area contributed by atoms with Crippen LogP contribution >= 0.6 is 0 Å². The normalized spacial score (nSPS) is 16.1. The molecule has 1 aliphatic heterocycles. The second-order valence-corrected chi connectivity index (χ2v) is 12.3. The smallest absolute Gasteiger partial charge is 0.268 e. The Hall–Kier alpha value is -4.18. The Bertz CT molecular complexity index is 1660. The van der Waals surface area contributed by atoms with Gasteiger partial charge in [-0.3, -0.25) is 14.0 Å². The molecule has 6 rings (SSSR count). The van der Waals surface area contributed by atoms with E-state index in [1.165, 1.54) is 6.42 Å². The third-order valence-corrected chi connectivity index (χ3v) is 8.72. The van der Waals surface area contributed by atoms with Gasteiger partial charge in [0.25, 0.3) is 11.5 Å². The summed E-state index contributed by atoms with van der Waals surface area (Å²) in [6.45, 7) is 10.6. The summed E-state index contributed by atoms with van der Waals surface area (Å²) < 4.78 is 7.90. The first-order valence-electron chi connectivity index (χ1n) is 15.3. The predicted molar refractivity (Wildman–Crippen MR) is 168 cm³/mol. The average Bonchev–Trinajstić information content (AvgIpc) is 3.40. The first-order chi connectivity index (χ1) is 20.8. The standard InChI is InChI=1S/C33H41N7O3/c1-21(2)31-27-15-25(24-8-9-30(34-17-24)39-12-10-38(4)11-13-39)16-28(40(27)20-36-31)33(42)35-18-26-29(14-22(3)37-32(26)41)43-19-23-6-5-7-23/h8-9,14-17,20-21,23H,5-7,10-13,18-19H2,1-4H3,(H,35,42)(H,37,41). The third-order valence-electron chi connectivity index (χ3n) is 8.72. The van der Waals surface area contributed by atoms with Crippen molar-refractivity contribution < 1.29 is 9.53 Å². The number of amides is 1. The van der Waals surface area contributed by atoms with E-state index in [1.807, 2.05) is 29.7 Å². The molecule has 2 fully saturated rings. The van der Waals surface area contributed by atoms with Crippen molar-refractivity contribution in [3.63, 3.8) is 0 Å². The van der Waals surface area contributed by atoms with E-state index in [0.29, 0.717) is 29.5 Å². The quantitative estimate of drug-likeness (QED) is 0.301. The maximum Gasteiger partial charge on any atom is 0.268 e. The fourth-order valence-electron chi connectivity index (χ4n) is 5.79. The number of pyridine rings is 3. The summed E-state index contributed by atoms with van der Waals surface area (Å²) in [4.78, 5) is 43.6. The summed E-state index contributed by atoms with van der Waals surface area (Å²) in [5, 5.41) is 2.98. The molecule has 2 aliphatic rings. The number of anilines is 1. The van der Waals surface area contributed by atoms with Crippen molar-refractivity contribution in [1.29, 1.82) is 0 Å². The molecule has 0 unspecified atom stereocenters. The summed E-state index contributed by atoms with van der Waals surface area (Å²) in [5.41, 5.74) is 4.93. The lowest BCUT2D eigenvalue weighted by Gasteiger charge is -2.33. The molecular formula is C33H41N7O3. The second-order valence-electron chi connectivity index (χ2n) is 12.3. The summed E-state index contributed by atoms with van der Waals surface area (Å²) in [6, 6.07) is 9.90. The molecule has 0 atom stereocenters. The van der Waals surface area contributed by atoms with Crippen molar-refractivity contribution in [3.8, 4) is 16.9 Å². The van der Waals surface area contributed by atoms with Gasteiger partial charge in [0.2, 0.25) is 0 Å². The summed E-state index contributed by atoms with van der Waals surface area (Å²) in [6.07, 6.45) is 7.10. The van der Waals surface area contributed by atoms with Gasteiger partial charge in [-0.15, -0.1) is 0 Å². The number of aromatic amines is 1. The van der Waals surface area contributed by atoms with Crippen molar-refractivity contribution >= 4 is 17.2 Å². The first kappa shape index (κ1) is 28.9. The Labute approximate surface area is 252 Å². The van der Waals surface area contributed by atoms with Crippen molar-refractivity contribution in [2.45, 2.75) is 52.5 Å². The molecule has 0 bridgehead atoms. The van der Waals surface area contributed by atoms with Crippen molar-refractivity contribution in [3.05, 3.63) is 75.9 Å². The number of hydrogen-bond acceptors (Lipinski definition) is 7. The number of ether oxygens (including phenoxy) is 1. The minimum atomic E-state index is -0.300. The maximum atomic E-state index is 13.8. The van der Waals surface area contributed by atoms with Gasteiger partial charge in [0, 0.05) is 43.6 Å². The van der Waals surface area contributed by atoms with E-state index in [4.69, 9.17) is 9.72 Å². The molecule has 2 N–H and O–H groups in total. The number of nitrogens with one attached hydrogen (secondary N) is 2. The van der Waals surface area contributed by atoms with Gasteiger partial charge in [0.05, 0.1) is 29.9 Å². The Kier molecular flexibility index (Phi) is 8.21. The monoisotopic (exact) mass is 583 g/mol. The summed E-state index contributed by atoms with van der Waals surface area (Å²) in [7, 11) is 2.14. The van der Waals surface area contributed by atoms with Gasteiger partial charge < -0.3 is 24.8 Å². The lowest BCUT2D eigenvalue weighted by Crippen LogP contribution is -2.44. The molecule has 1 aliphatic carbocycles. The van der Waals surface area contributed by atoms with Gasteiger partial charge in [-0.2, -0.15) is 0 Å². The minimum absolute atomic E-state index is 0.0488. The Morgan fingerprint density at radius 3 is 2.56 bits per heavy atom. The molecule has 43 heavy (non-hydrogen) atoms. The number of H-pyrrole nitrogens is 1. The zero-order valence-corrected chi connectivity index (χ0v) is 25.5. The fraction of sp³-hybridized carbons (Fsp3) is 0.455. The SMILES string of the molecule is Cc1cc(OCC2CCC2)c(CNC(=O)c2cc(-c3ccc(N4CCN(C)CC4)nc3)cc3c(C(C)C)ncn23)c(=O)[nH]1. The molecule has 1 saturated carbocycles. The highest BCUT2D eigenvalue weighted by Gasteiger charge is 2.22. The van der Waals surface area contributed by atoms with Gasteiger partial charge >= 0.3 is 0 Å². The van der Waals surface area contributed by atoms with Gasteiger partial charge in [0.1, 0.15) is 23.6 Å². The number of aromatic nitrogens is 4. The molecule has 226 valence electrons. The van der Waals surface area contributed by atoms with Crippen LogP contribution in [0.2, 0.25) is 0 Å². The van der Waals surface area contributed by atoms with Crippen LogP contribution in [-0.4, -0.2) is 70.0 Å². The lowest BCUT2D eigenvalue weighted by molar-refractivity contribution is 0.0944. The maximum absolute atomic E-state index is 13.8. The highest BCUT2D eigenvalue weighted by molar-refractivity contribution is 5.95. The number of carbonyl (C=O) groups excluding carboxylic acids is 1. The number of imidazole rings is 1. The van der Waals surface area contributed by atoms with Gasteiger partial charge in [0.15, 0.2) is 0 Å². The van der Waals surface area contributed by atoms with Crippen LogP contribution in [0, 0.1) is 12.8 Å². The second kappa shape index (κ2) is 12.2. The zero-order chi connectivity index (χ0) is 30.1. The third kappa shape index (κ3) is 6.15. The van der Waals surface area contributed by atoms with E-state index in [0.717, 1.165) is 72.9 Å².